The minimum atomic E-state index is -0.991. The molecule has 0 aliphatic carbocycles. The summed E-state index contributed by atoms with van der Waals surface area (Å²) >= 11 is 0. The molecule has 1 aliphatic rings. The summed E-state index contributed by atoms with van der Waals surface area (Å²) in [5.41, 5.74) is -0.991. The van der Waals surface area contributed by atoms with E-state index in [0.717, 1.165) is 25.7 Å². The van der Waals surface area contributed by atoms with Crippen molar-refractivity contribution in [3.05, 3.63) is 22.2 Å². The molecular formula is C15H21N3O4. The Hall–Kier alpha value is -2.18. The van der Waals surface area contributed by atoms with Gasteiger partial charge in [0.2, 0.25) is 0 Å². The third-order valence-electron chi connectivity index (χ3n) is 3.63. The van der Waals surface area contributed by atoms with Crippen LogP contribution < -0.4 is 9.64 Å². The fourth-order valence-electron chi connectivity index (χ4n) is 2.44. The summed E-state index contributed by atoms with van der Waals surface area (Å²) in [6, 6.07) is 2.80. The lowest BCUT2D eigenvalue weighted by Gasteiger charge is -2.35. The molecule has 7 heteroatoms. The number of pyridine rings is 1. The number of amides is 1. The van der Waals surface area contributed by atoms with Crippen molar-refractivity contribution in [1.29, 1.82) is 0 Å². The summed E-state index contributed by atoms with van der Waals surface area (Å²) in [5, 5.41) is 10.9. The van der Waals surface area contributed by atoms with Crippen LogP contribution in [0.3, 0.4) is 0 Å². The molecule has 2 heterocycles. The second kappa shape index (κ2) is 6.29. The quantitative estimate of drug-likeness (QED) is 0.458. The van der Waals surface area contributed by atoms with Gasteiger partial charge in [0.1, 0.15) is 0 Å². The lowest BCUT2D eigenvalue weighted by molar-refractivity contribution is -0.389. The van der Waals surface area contributed by atoms with Gasteiger partial charge < -0.3 is 14.9 Å². The van der Waals surface area contributed by atoms with E-state index in [1.165, 1.54) is 17.0 Å². The van der Waals surface area contributed by atoms with Gasteiger partial charge in [-0.2, -0.15) is 0 Å². The highest BCUT2D eigenvalue weighted by molar-refractivity contribution is 6.01. The highest BCUT2D eigenvalue weighted by Crippen LogP contribution is 2.37. The van der Waals surface area contributed by atoms with Crippen molar-refractivity contribution in [3.63, 3.8) is 0 Å². The third kappa shape index (κ3) is 3.18. The number of hydrogen-bond acceptors (Lipinski definition) is 5. The Balaban J connectivity index is 2.31. The van der Waals surface area contributed by atoms with Gasteiger partial charge in [0.25, 0.3) is 11.7 Å². The van der Waals surface area contributed by atoms with E-state index in [1.807, 2.05) is 0 Å². The Morgan fingerprint density at radius 2 is 2.05 bits per heavy atom. The van der Waals surface area contributed by atoms with E-state index in [-0.39, 0.29) is 17.5 Å². The number of anilines is 1. The minimum absolute atomic E-state index is 0.218. The molecule has 0 aromatic carbocycles. The average molecular weight is 307 g/mol. The average Bonchev–Trinajstić information content (AvgIpc) is 2.46. The van der Waals surface area contributed by atoms with Crippen LogP contribution >= 0.6 is 0 Å². The van der Waals surface area contributed by atoms with Crippen molar-refractivity contribution in [2.45, 2.75) is 52.1 Å². The molecule has 0 N–H and O–H groups in total. The van der Waals surface area contributed by atoms with Crippen LogP contribution in [0.5, 0.6) is 5.75 Å². The first-order valence-electron chi connectivity index (χ1n) is 7.53. The molecule has 0 atom stereocenters. The molecule has 1 amide bonds. The van der Waals surface area contributed by atoms with Gasteiger partial charge >= 0.3 is 5.82 Å². The second-order valence-electron chi connectivity index (χ2n) is 5.88. The van der Waals surface area contributed by atoms with Crippen LogP contribution in [0, 0.1) is 10.1 Å². The van der Waals surface area contributed by atoms with Crippen LogP contribution in [0.4, 0.5) is 11.6 Å². The number of rotatable bonds is 6. The molecule has 0 fully saturated rings. The molecule has 2 rings (SSSR count). The van der Waals surface area contributed by atoms with Gasteiger partial charge in [-0.15, -0.1) is 0 Å². The molecule has 0 saturated heterocycles. The highest BCUT2D eigenvalue weighted by atomic mass is 16.6. The van der Waals surface area contributed by atoms with Crippen molar-refractivity contribution in [3.8, 4) is 5.75 Å². The van der Waals surface area contributed by atoms with E-state index in [2.05, 4.69) is 11.9 Å². The lowest BCUT2D eigenvalue weighted by Crippen LogP contribution is -2.53. The number of ether oxygens (including phenoxy) is 1. The fraction of sp³-hybridized carbons (Fsp3) is 0.600. The summed E-state index contributed by atoms with van der Waals surface area (Å²) in [7, 11) is 0. The smallest absolute Gasteiger partial charge is 0.366 e. The van der Waals surface area contributed by atoms with Gasteiger partial charge in [0, 0.05) is 12.6 Å². The van der Waals surface area contributed by atoms with E-state index in [9.17, 15) is 14.9 Å². The largest absolute Gasteiger partial charge is 0.472 e. The zero-order chi connectivity index (χ0) is 16.3. The second-order valence-corrected chi connectivity index (χ2v) is 5.88. The first kappa shape index (κ1) is 16.2. The van der Waals surface area contributed by atoms with Gasteiger partial charge in [-0.05, 0) is 36.2 Å². The maximum Gasteiger partial charge on any atom is 0.366 e. The van der Waals surface area contributed by atoms with Gasteiger partial charge in [-0.1, -0.05) is 26.2 Å². The summed E-state index contributed by atoms with van der Waals surface area (Å²) in [4.78, 5) is 28.4. The monoisotopic (exact) mass is 307 g/mol. The number of aromatic nitrogens is 1. The van der Waals surface area contributed by atoms with E-state index in [1.54, 1.807) is 13.8 Å². The van der Waals surface area contributed by atoms with Gasteiger partial charge in [0.05, 0.1) is 0 Å². The van der Waals surface area contributed by atoms with Crippen LogP contribution in [0.15, 0.2) is 12.1 Å². The summed E-state index contributed by atoms with van der Waals surface area (Å²) in [6.45, 7) is 5.99. The first-order valence-corrected chi connectivity index (χ1v) is 7.53. The molecular weight excluding hydrogens is 286 g/mol. The molecule has 1 aliphatic heterocycles. The number of nitro groups is 1. The van der Waals surface area contributed by atoms with Crippen molar-refractivity contribution in [2.24, 2.45) is 0 Å². The summed E-state index contributed by atoms with van der Waals surface area (Å²) < 4.78 is 5.65. The van der Waals surface area contributed by atoms with Gasteiger partial charge in [-0.3, -0.25) is 9.69 Å². The molecule has 120 valence electrons. The minimum Gasteiger partial charge on any atom is -0.472 e. The van der Waals surface area contributed by atoms with Crippen molar-refractivity contribution in [1.82, 2.24) is 4.98 Å². The first-order chi connectivity index (χ1) is 10.4. The molecule has 1 aromatic heterocycles. The predicted octanol–water partition coefficient (Wildman–Crippen LogP) is 3.07. The third-order valence-corrected chi connectivity index (χ3v) is 3.63. The maximum absolute atomic E-state index is 12.5. The van der Waals surface area contributed by atoms with E-state index >= 15 is 0 Å². The van der Waals surface area contributed by atoms with Gasteiger partial charge in [-0.25, -0.2) is 0 Å². The molecule has 0 spiro atoms. The Labute approximate surface area is 129 Å². The Kier molecular flexibility index (Phi) is 4.63. The standard InChI is InChI=1S/C15H21N3O4/c1-4-5-6-7-10-17-13-11(22-15(2,3)14(17)19)8-9-12(16-13)18(20)21/h8-9H,4-7,10H2,1-3H3. The van der Waals surface area contributed by atoms with Crippen LogP contribution in [0.25, 0.3) is 0 Å². The summed E-state index contributed by atoms with van der Waals surface area (Å²) in [5.74, 6) is 0.152. The van der Waals surface area contributed by atoms with Crippen LogP contribution in [-0.4, -0.2) is 28.0 Å². The van der Waals surface area contributed by atoms with Crippen molar-refractivity contribution < 1.29 is 14.5 Å². The zero-order valence-electron chi connectivity index (χ0n) is 13.2. The SMILES string of the molecule is CCCCCCN1C(=O)C(C)(C)Oc2ccc([N+](=O)[O-])nc21. The van der Waals surface area contributed by atoms with E-state index in [0.29, 0.717) is 12.3 Å². The Morgan fingerprint density at radius 1 is 1.32 bits per heavy atom. The molecule has 22 heavy (non-hydrogen) atoms. The Morgan fingerprint density at radius 3 is 2.68 bits per heavy atom. The number of unbranched alkanes of at least 4 members (excludes halogenated alkanes) is 3. The summed E-state index contributed by atoms with van der Waals surface area (Å²) in [6.07, 6.45) is 4.03. The number of carbonyl (C=O) groups excluding carboxylic acids is 1. The molecule has 7 nitrogen and oxygen atoms in total. The van der Waals surface area contributed by atoms with Crippen LogP contribution in [0.2, 0.25) is 0 Å². The normalized spacial score (nSPS) is 16.1. The van der Waals surface area contributed by atoms with Crippen LogP contribution in [0.1, 0.15) is 46.5 Å². The number of fused-ring (bicyclic) bond motifs is 1. The topological polar surface area (TPSA) is 85.6 Å². The van der Waals surface area contributed by atoms with Crippen molar-refractivity contribution >= 4 is 17.5 Å². The number of hydrogen-bond donors (Lipinski definition) is 0. The number of carbonyl (C=O) groups is 1. The molecule has 1 aromatic rings. The molecule has 0 saturated carbocycles. The highest BCUT2D eigenvalue weighted by Gasteiger charge is 2.44. The predicted molar refractivity (Wildman–Crippen MR) is 82.1 cm³/mol. The van der Waals surface area contributed by atoms with Crippen molar-refractivity contribution in [2.75, 3.05) is 11.4 Å². The maximum atomic E-state index is 12.5. The molecule has 0 bridgehead atoms. The van der Waals surface area contributed by atoms with E-state index in [4.69, 9.17) is 4.74 Å². The molecule has 0 unspecified atom stereocenters. The van der Waals surface area contributed by atoms with E-state index < -0.39 is 10.5 Å². The fourth-order valence-corrected chi connectivity index (χ4v) is 2.44. The number of nitrogens with zero attached hydrogens (tertiary/aromatic N) is 3. The van der Waals surface area contributed by atoms with Crippen LogP contribution in [-0.2, 0) is 4.79 Å². The molecule has 0 radical (unpaired) electrons. The Bertz CT molecular complexity index is 586. The van der Waals surface area contributed by atoms with Gasteiger partial charge in [0.15, 0.2) is 11.4 Å². The lowest BCUT2D eigenvalue weighted by atomic mass is 10.0. The zero-order valence-corrected chi connectivity index (χ0v) is 13.2.